The van der Waals surface area contributed by atoms with Crippen molar-refractivity contribution >= 4 is 127 Å². The first kappa shape index (κ1) is 74.9. The van der Waals surface area contributed by atoms with Gasteiger partial charge in [-0.15, -0.1) is 0 Å². The first-order valence-corrected chi connectivity index (χ1v) is 45.6. The van der Waals surface area contributed by atoms with Crippen molar-refractivity contribution in [3.05, 3.63) is 430 Å². The molecule has 0 saturated carbocycles. The van der Waals surface area contributed by atoms with Gasteiger partial charge in [0.05, 0.1) is 11.4 Å². The number of nitrogens with zero attached hydrogens (tertiary/aromatic N) is 2. The molecule has 19 aromatic carbocycles. The third-order valence-electron chi connectivity index (χ3n) is 26.8. The maximum Gasteiger partial charge on any atom is 0.256 e. The van der Waals surface area contributed by atoms with Crippen LogP contribution < -0.4 is 68.4 Å². The summed E-state index contributed by atoms with van der Waals surface area (Å²) in [5, 5.41) is 0. The summed E-state index contributed by atoms with van der Waals surface area (Å²) in [6, 6.07) is 159. The van der Waals surface area contributed by atoms with E-state index in [1.54, 1.807) is 0 Å². The molecule has 6 aliphatic heterocycles. The molecule has 0 N–H and O–H groups in total. The van der Waals surface area contributed by atoms with E-state index in [1.807, 2.05) is 23.5 Å². The van der Waals surface area contributed by atoms with Crippen LogP contribution in [0.3, 0.4) is 0 Å². The molecule has 9 heteroatoms. The first-order chi connectivity index (χ1) is 62.6. The van der Waals surface area contributed by atoms with E-state index in [1.165, 1.54) is 69.8 Å². The van der Waals surface area contributed by atoms with Gasteiger partial charge in [0.15, 0.2) is 0 Å². The lowest BCUT2D eigenvalue weighted by atomic mass is 9.29. The zero-order chi connectivity index (χ0) is 84.1. The molecule has 0 spiro atoms. The zero-order valence-corrected chi connectivity index (χ0v) is 71.8. The Morgan fingerprint density at radius 2 is 0.551 bits per heavy atom. The van der Waals surface area contributed by atoms with Gasteiger partial charge in [0.1, 0.15) is 23.0 Å². The molecular weight excluding hydrogens is 1570 g/mol. The molecule has 0 bridgehead atoms. The van der Waals surface area contributed by atoms with Crippen LogP contribution in [-0.4, -0.2) is 20.1 Å². The Hall–Kier alpha value is -14.7. The molecular formula is C118H79B3N2O2S2. The van der Waals surface area contributed by atoms with Crippen molar-refractivity contribution in [2.24, 2.45) is 0 Å². The largest absolute Gasteiger partial charge is 0.459 e. The van der Waals surface area contributed by atoms with Gasteiger partial charge in [-0.2, -0.15) is 0 Å². The van der Waals surface area contributed by atoms with Crippen LogP contribution in [-0.2, 0) is 5.41 Å². The highest BCUT2D eigenvalue weighted by atomic mass is 32.2. The van der Waals surface area contributed by atoms with Crippen molar-refractivity contribution in [3.8, 4) is 134 Å². The number of rotatable bonds is 12. The number of hydrogen-bond acceptors (Lipinski definition) is 6. The summed E-state index contributed by atoms with van der Waals surface area (Å²) >= 11 is 3.78. The SMILES string of the molecule is CC(C)(C)c1cc2c3c(c1)N(c1c(-c4ccccc4)cc(-c4ccccc4)cc1-c1ccccc1)c1cc4c5c(c1B3c1ccc(-c3ccccc3)cc1N2c1c(-c2ccccc2)cc(-c2ccccc2)cc1-c1ccccc1)Oc1cc2c3c(c1B5c1ccc(-c5ccccc5)cc1S4)Sc1cc(-c4ccccc4)ccc1B3c1ccc(-c3ccccc3)cc1O2. The second-order valence-electron chi connectivity index (χ2n) is 35.2. The predicted molar refractivity (Wildman–Crippen MR) is 537 cm³/mol. The maximum atomic E-state index is 8.72. The Kier molecular flexibility index (Phi) is 17.7. The van der Waals surface area contributed by atoms with E-state index >= 15 is 0 Å². The summed E-state index contributed by atoms with van der Waals surface area (Å²) in [5.41, 5.74) is 40.3. The molecule has 6 heterocycles. The van der Waals surface area contributed by atoms with E-state index in [9.17, 15) is 0 Å². The predicted octanol–water partition coefficient (Wildman–Crippen LogP) is 25.9. The Bertz CT molecular complexity index is 7520. The van der Waals surface area contributed by atoms with Crippen molar-refractivity contribution < 1.29 is 9.47 Å². The van der Waals surface area contributed by atoms with Gasteiger partial charge >= 0.3 is 0 Å². The molecule has 6 aliphatic rings. The molecule has 0 atom stereocenters. The highest BCUT2D eigenvalue weighted by molar-refractivity contribution is 8.00. The average Bonchev–Trinajstić information content (AvgIpc) is 0.669. The molecule has 594 valence electrons. The summed E-state index contributed by atoms with van der Waals surface area (Å²) in [6.07, 6.45) is 0. The van der Waals surface area contributed by atoms with Gasteiger partial charge in [-0.3, -0.25) is 0 Å². The number of benzene rings is 19. The number of anilines is 6. The molecule has 19 aromatic rings. The molecule has 0 radical (unpaired) electrons. The lowest BCUT2D eigenvalue weighted by Gasteiger charge is -2.48. The average molecular weight is 1650 g/mol. The van der Waals surface area contributed by atoms with Crippen LogP contribution in [0.15, 0.2) is 444 Å². The fourth-order valence-electron chi connectivity index (χ4n) is 20.9. The van der Waals surface area contributed by atoms with E-state index in [4.69, 9.17) is 9.47 Å². The fraction of sp³-hybridized carbons (Fsp3) is 0.0339. The third-order valence-corrected chi connectivity index (χ3v) is 29.2. The second kappa shape index (κ2) is 30.0. The zero-order valence-electron chi connectivity index (χ0n) is 70.2. The van der Waals surface area contributed by atoms with Crippen LogP contribution in [0.1, 0.15) is 26.3 Å². The van der Waals surface area contributed by atoms with Crippen LogP contribution in [0.2, 0.25) is 0 Å². The van der Waals surface area contributed by atoms with E-state index < -0.39 is 12.1 Å². The first-order valence-electron chi connectivity index (χ1n) is 44.0. The Labute approximate surface area is 750 Å². The van der Waals surface area contributed by atoms with Gasteiger partial charge in [-0.1, -0.05) is 407 Å². The minimum atomic E-state index is -0.457. The lowest BCUT2D eigenvalue weighted by Crippen LogP contribution is -2.66. The smallest absolute Gasteiger partial charge is 0.256 e. The molecule has 127 heavy (non-hydrogen) atoms. The Balaban J connectivity index is 0.839. The van der Waals surface area contributed by atoms with Gasteiger partial charge in [0.25, 0.3) is 20.1 Å². The lowest BCUT2D eigenvalue weighted by molar-refractivity contribution is 0.465. The Morgan fingerprint density at radius 3 is 0.976 bits per heavy atom. The van der Waals surface area contributed by atoms with Crippen molar-refractivity contribution in [3.63, 3.8) is 0 Å². The van der Waals surface area contributed by atoms with Crippen molar-refractivity contribution in [2.75, 3.05) is 9.80 Å². The quantitative estimate of drug-likeness (QED) is 0.113. The van der Waals surface area contributed by atoms with Crippen molar-refractivity contribution in [1.82, 2.24) is 0 Å². The standard InChI is InChI=1S/C118H79B3N2O2S2/c1-118(2,3)90-70-100-109-101(71-90)123(115-93(82-50-30-12-31-51-82)64-89(79-44-24-9-25-45-79)65-94(115)83-52-32-13-33-53-83)102-72-108-113-116(110(102)120(109)95-58-54-84(74-34-14-4-15-35-74)66-99(95)122(100)114-91(80-46-26-10-27-47-80)62-88(78-42-22-8-23-43-78)63-92(114)81-48-28-11-29-49-81)125-105-73-104-111-117(112(105)121(113)98-61-57-86(68-106(98)126-108)76-38-18-6-19-39-76)127-107-69-87(77-40-20-7-21-41-77)56-60-97(107)119(111)96-59-55-85(67-103(96)124-104)75-36-16-5-17-37-75/h4-73H,1-3H3. The minimum Gasteiger partial charge on any atom is -0.459 e. The van der Waals surface area contributed by atoms with Gasteiger partial charge in [-0.05, 0) is 205 Å². The monoisotopic (exact) mass is 1650 g/mol. The van der Waals surface area contributed by atoms with Crippen LogP contribution >= 0.6 is 23.5 Å². The van der Waals surface area contributed by atoms with E-state index in [2.05, 4.69) is 455 Å². The fourth-order valence-corrected chi connectivity index (χ4v) is 23.4. The molecule has 0 aromatic heterocycles. The van der Waals surface area contributed by atoms with Crippen LogP contribution in [0.4, 0.5) is 34.1 Å². The topological polar surface area (TPSA) is 24.9 Å². The summed E-state index contributed by atoms with van der Waals surface area (Å²) in [6.45, 7) is 6.24. The number of fused-ring (bicyclic) bond motifs is 14. The number of ether oxygens (including phenoxy) is 2. The van der Waals surface area contributed by atoms with Crippen LogP contribution in [0.5, 0.6) is 23.0 Å². The Morgan fingerprint density at radius 1 is 0.220 bits per heavy atom. The molecule has 0 saturated heterocycles. The molecule has 4 nitrogen and oxygen atoms in total. The van der Waals surface area contributed by atoms with Gasteiger partial charge < -0.3 is 19.3 Å². The van der Waals surface area contributed by atoms with E-state index in [0.29, 0.717) is 0 Å². The molecule has 25 rings (SSSR count). The summed E-state index contributed by atoms with van der Waals surface area (Å²) in [4.78, 5) is 10.2. The van der Waals surface area contributed by atoms with Crippen LogP contribution in [0, 0.1) is 0 Å². The normalized spacial score (nSPS) is 13.1. The van der Waals surface area contributed by atoms with E-state index in [0.717, 1.165) is 173 Å². The third kappa shape index (κ3) is 12.4. The maximum absolute atomic E-state index is 8.72. The minimum absolute atomic E-state index is 0.165. The van der Waals surface area contributed by atoms with Gasteiger partial charge in [0, 0.05) is 70.7 Å². The van der Waals surface area contributed by atoms with Crippen molar-refractivity contribution in [1.29, 1.82) is 0 Å². The second-order valence-corrected chi connectivity index (χ2v) is 37.3. The summed E-state index contributed by atoms with van der Waals surface area (Å²) in [5.74, 6) is 3.29. The summed E-state index contributed by atoms with van der Waals surface area (Å²) in [7, 11) is 0. The number of hydrogen-bond donors (Lipinski definition) is 0. The summed E-state index contributed by atoms with van der Waals surface area (Å²) < 4.78 is 16.5. The van der Waals surface area contributed by atoms with Gasteiger partial charge in [-0.25, -0.2) is 0 Å². The molecule has 0 fully saturated rings. The molecule has 0 unspecified atom stereocenters. The van der Waals surface area contributed by atoms with Crippen LogP contribution in [0.25, 0.3) is 111 Å². The van der Waals surface area contributed by atoms with Crippen molar-refractivity contribution in [2.45, 2.75) is 45.8 Å². The molecule has 0 amide bonds. The highest BCUT2D eigenvalue weighted by Gasteiger charge is 2.54. The molecule has 0 aliphatic carbocycles. The highest BCUT2D eigenvalue weighted by Crippen LogP contribution is 2.58. The van der Waals surface area contributed by atoms with Gasteiger partial charge in [0.2, 0.25) is 0 Å². The van der Waals surface area contributed by atoms with E-state index in [-0.39, 0.29) is 13.4 Å².